The van der Waals surface area contributed by atoms with Crippen molar-refractivity contribution in [3.63, 3.8) is 0 Å². The molecule has 1 saturated heterocycles. The van der Waals surface area contributed by atoms with Gasteiger partial charge in [0.05, 0.1) is 6.04 Å². The summed E-state index contributed by atoms with van der Waals surface area (Å²) in [6, 6.07) is 5.94. The lowest BCUT2D eigenvalue weighted by Crippen LogP contribution is -2.38. The van der Waals surface area contributed by atoms with Gasteiger partial charge >= 0.3 is 0 Å². The second-order valence-corrected chi connectivity index (χ2v) is 7.48. The van der Waals surface area contributed by atoms with Crippen molar-refractivity contribution in [2.24, 2.45) is 5.41 Å². The molecule has 2 amide bonds. The lowest BCUT2D eigenvalue weighted by molar-refractivity contribution is -0.123. The van der Waals surface area contributed by atoms with Crippen LogP contribution in [-0.4, -0.2) is 24.4 Å². The molecule has 1 aromatic carbocycles. The number of carbonyl (C=O) groups is 2. The number of benzene rings is 1. The lowest BCUT2D eigenvalue weighted by atomic mass is 9.92. The molecule has 1 aliphatic heterocycles. The van der Waals surface area contributed by atoms with Crippen LogP contribution in [-0.2, 0) is 9.59 Å². The monoisotopic (exact) mass is 302 g/mol. The molecule has 4 nitrogen and oxygen atoms in total. The zero-order chi connectivity index (χ0) is 16.5. The van der Waals surface area contributed by atoms with E-state index in [0.29, 0.717) is 19.4 Å². The van der Waals surface area contributed by atoms with Crippen molar-refractivity contribution in [1.82, 2.24) is 5.32 Å². The molecule has 2 rings (SSSR count). The Labute approximate surface area is 132 Å². The smallest absolute Gasteiger partial charge is 0.229 e. The summed E-state index contributed by atoms with van der Waals surface area (Å²) in [6.07, 6.45) is 0.851. The molecule has 22 heavy (non-hydrogen) atoms. The van der Waals surface area contributed by atoms with E-state index in [9.17, 15) is 9.59 Å². The topological polar surface area (TPSA) is 49.4 Å². The maximum atomic E-state index is 12.2. The van der Waals surface area contributed by atoms with Gasteiger partial charge in [0.1, 0.15) is 0 Å². The Morgan fingerprint density at radius 3 is 2.55 bits per heavy atom. The zero-order valence-corrected chi connectivity index (χ0v) is 14.2. The predicted octanol–water partition coefficient (Wildman–Crippen LogP) is 2.96. The summed E-state index contributed by atoms with van der Waals surface area (Å²) in [6.45, 7) is 10.8. The number of hydrogen-bond donors (Lipinski definition) is 1. The second-order valence-electron chi connectivity index (χ2n) is 7.48. The van der Waals surface area contributed by atoms with Gasteiger partial charge in [-0.1, -0.05) is 26.8 Å². The Kier molecular flexibility index (Phi) is 4.59. The molecule has 1 N–H and O–H groups in total. The molecule has 1 aromatic rings. The van der Waals surface area contributed by atoms with Crippen LogP contribution in [0.2, 0.25) is 0 Å². The summed E-state index contributed by atoms with van der Waals surface area (Å²) in [4.78, 5) is 26.0. The summed E-state index contributed by atoms with van der Waals surface area (Å²) in [5, 5.41) is 2.99. The molecule has 0 aliphatic carbocycles. The molecular weight excluding hydrogens is 276 g/mol. The summed E-state index contributed by atoms with van der Waals surface area (Å²) in [5.74, 6) is 0.0940. The van der Waals surface area contributed by atoms with Crippen LogP contribution in [0.15, 0.2) is 18.2 Å². The van der Waals surface area contributed by atoms with E-state index in [0.717, 1.165) is 5.69 Å². The van der Waals surface area contributed by atoms with Crippen molar-refractivity contribution in [3.05, 3.63) is 29.3 Å². The molecule has 0 unspecified atom stereocenters. The van der Waals surface area contributed by atoms with Crippen LogP contribution in [0.3, 0.4) is 0 Å². The third-order valence-electron chi connectivity index (χ3n) is 3.98. The second kappa shape index (κ2) is 6.11. The number of nitrogens with zero attached hydrogens (tertiary/aromatic N) is 1. The van der Waals surface area contributed by atoms with Gasteiger partial charge < -0.3 is 10.2 Å². The first-order valence-electron chi connectivity index (χ1n) is 7.83. The highest BCUT2D eigenvalue weighted by molar-refractivity contribution is 5.97. The van der Waals surface area contributed by atoms with Crippen LogP contribution in [0.1, 0.15) is 44.7 Å². The molecule has 1 aliphatic rings. The Morgan fingerprint density at radius 1 is 1.27 bits per heavy atom. The van der Waals surface area contributed by atoms with Gasteiger partial charge in [0.15, 0.2) is 0 Å². The average molecular weight is 302 g/mol. The summed E-state index contributed by atoms with van der Waals surface area (Å²) < 4.78 is 0. The van der Waals surface area contributed by atoms with Gasteiger partial charge in [0.25, 0.3) is 0 Å². The minimum Gasteiger partial charge on any atom is -0.351 e. The molecule has 1 heterocycles. The van der Waals surface area contributed by atoms with Crippen molar-refractivity contribution in [3.8, 4) is 0 Å². The summed E-state index contributed by atoms with van der Waals surface area (Å²) in [7, 11) is 0. The van der Waals surface area contributed by atoms with E-state index in [1.54, 1.807) is 4.90 Å². The highest BCUT2D eigenvalue weighted by atomic mass is 16.2. The molecule has 0 radical (unpaired) electrons. The Hall–Kier alpha value is -1.84. The highest BCUT2D eigenvalue weighted by Gasteiger charge is 2.32. The van der Waals surface area contributed by atoms with Crippen molar-refractivity contribution in [1.29, 1.82) is 0 Å². The third kappa shape index (κ3) is 4.09. The zero-order valence-electron chi connectivity index (χ0n) is 14.2. The Bertz CT molecular complexity index is 587. The van der Waals surface area contributed by atoms with Gasteiger partial charge in [-0.2, -0.15) is 0 Å². The van der Waals surface area contributed by atoms with Crippen LogP contribution >= 0.6 is 0 Å². The fourth-order valence-electron chi connectivity index (χ4n) is 2.71. The lowest BCUT2D eigenvalue weighted by Gasteiger charge is -2.20. The third-order valence-corrected chi connectivity index (χ3v) is 3.98. The number of rotatable bonds is 3. The van der Waals surface area contributed by atoms with E-state index in [4.69, 9.17) is 0 Å². The maximum absolute atomic E-state index is 12.2. The van der Waals surface area contributed by atoms with Crippen molar-refractivity contribution >= 4 is 17.5 Å². The first kappa shape index (κ1) is 16.5. The van der Waals surface area contributed by atoms with E-state index in [-0.39, 0.29) is 23.3 Å². The van der Waals surface area contributed by atoms with Crippen LogP contribution < -0.4 is 10.2 Å². The number of aryl methyl sites for hydroxylation is 2. The first-order valence-corrected chi connectivity index (χ1v) is 7.83. The van der Waals surface area contributed by atoms with E-state index < -0.39 is 0 Å². The summed E-state index contributed by atoms with van der Waals surface area (Å²) >= 11 is 0. The van der Waals surface area contributed by atoms with Gasteiger partial charge in [-0.3, -0.25) is 9.59 Å². The number of carbonyl (C=O) groups excluding carboxylic acids is 2. The summed E-state index contributed by atoms with van der Waals surface area (Å²) in [5.41, 5.74) is 3.26. The maximum Gasteiger partial charge on any atom is 0.229 e. The number of amides is 2. The van der Waals surface area contributed by atoms with E-state index in [1.807, 2.05) is 45.9 Å². The van der Waals surface area contributed by atoms with E-state index in [1.165, 1.54) is 11.1 Å². The number of hydrogen-bond acceptors (Lipinski definition) is 2. The molecular formula is C18H26N2O2. The molecule has 0 bridgehead atoms. The van der Waals surface area contributed by atoms with Crippen molar-refractivity contribution in [2.75, 3.05) is 11.4 Å². The van der Waals surface area contributed by atoms with Crippen LogP contribution in [0, 0.1) is 19.3 Å². The van der Waals surface area contributed by atoms with Crippen LogP contribution in [0.5, 0.6) is 0 Å². The van der Waals surface area contributed by atoms with Crippen molar-refractivity contribution in [2.45, 2.75) is 53.5 Å². The van der Waals surface area contributed by atoms with E-state index in [2.05, 4.69) is 12.2 Å². The minimum atomic E-state index is -0.0936. The standard InChI is InChI=1S/C18H26N2O2/c1-12-6-7-15(8-13(12)2)20-11-14(9-17(20)22)19-16(21)10-18(3,4)5/h6-8,14H,9-11H2,1-5H3,(H,19,21)/t14-/m1/s1. The number of anilines is 1. The minimum absolute atomic E-state index is 0.0206. The Balaban J connectivity index is 2.01. The predicted molar refractivity (Wildman–Crippen MR) is 88.9 cm³/mol. The molecule has 120 valence electrons. The van der Waals surface area contributed by atoms with E-state index >= 15 is 0 Å². The molecule has 1 atom stereocenters. The van der Waals surface area contributed by atoms with Gasteiger partial charge in [-0.15, -0.1) is 0 Å². The van der Waals surface area contributed by atoms with Crippen molar-refractivity contribution < 1.29 is 9.59 Å². The molecule has 0 saturated carbocycles. The number of nitrogens with one attached hydrogen (secondary N) is 1. The van der Waals surface area contributed by atoms with Gasteiger partial charge in [0, 0.05) is 25.1 Å². The molecule has 1 fully saturated rings. The molecule has 4 heteroatoms. The first-order chi connectivity index (χ1) is 10.2. The van der Waals surface area contributed by atoms with Gasteiger partial charge in [0.2, 0.25) is 11.8 Å². The fourth-order valence-corrected chi connectivity index (χ4v) is 2.71. The molecule has 0 aromatic heterocycles. The SMILES string of the molecule is Cc1ccc(N2C[C@H](NC(=O)CC(C)(C)C)CC2=O)cc1C. The van der Waals surface area contributed by atoms with Crippen LogP contribution in [0.25, 0.3) is 0 Å². The van der Waals surface area contributed by atoms with Gasteiger partial charge in [-0.05, 0) is 42.5 Å². The van der Waals surface area contributed by atoms with Gasteiger partial charge in [-0.25, -0.2) is 0 Å². The normalized spacial score (nSPS) is 18.7. The Morgan fingerprint density at radius 2 is 1.95 bits per heavy atom. The fraction of sp³-hybridized carbons (Fsp3) is 0.556. The highest BCUT2D eigenvalue weighted by Crippen LogP contribution is 2.24. The largest absolute Gasteiger partial charge is 0.351 e. The average Bonchev–Trinajstić information content (AvgIpc) is 2.71. The quantitative estimate of drug-likeness (QED) is 0.933. The molecule has 0 spiro atoms. The van der Waals surface area contributed by atoms with Crippen LogP contribution in [0.4, 0.5) is 5.69 Å².